The van der Waals surface area contributed by atoms with Crippen LogP contribution in [0, 0.1) is 5.41 Å². The summed E-state index contributed by atoms with van der Waals surface area (Å²) >= 11 is 0. The average molecular weight is 370 g/mol. The third-order valence-corrected chi connectivity index (χ3v) is 4.22. The fourth-order valence-electron chi connectivity index (χ4n) is 2.80. The van der Waals surface area contributed by atoms with Gasteiger partial charge in [-0.1, -0.05) is 0 Å². The molecule has 0 saturated carbocycles. The molecule has 12 heteroatoms. The number of hydrogen-bond donors (Lipinski definition) is 7. The molecule has 26 heavy (non-hydrogen) atoms. The van der Waals surface area contributed by atoms with Gasteiger partial charge in [0.1, 0.15) is 0 Å². The molecule has 2 fully saturated rings. The molecule has 0 aliphatic carbocycles. The number of nitrogens with one attached hydrogen (secondary N) is 3. The van der Waals surface area contributed by atoms with Crippen LogP contribution in [0.25, 0.3) is 0 Å². The molecule has 11 nitrogen and oxygen atoms in total. The molecule has 148 valence electrons. The molecule has 0 aromatic rings. The standard InChI is InChI=1S/C10H20BN3O3.C4H11N5/c15-10(7-13-8-3-4-12-6-8)14-5-1-2-9(14)11(16)17;1-9(2)4(7)8-3(5)6/h8-9,12-13,16-17H,1-7H2;1-2H3,(H5,5,6,7,8)/t8-,9+;/m1./s1. The SMILES string of the molecule is CN(C)C(=N)N=C(N)N.O=C(CN[C@@H]1CCNC1)N1CCC[C@H]1B(O)O. The molecule has 2 rings (SSSR count). The van der Waals surface area contributed by atoms with Crippen molar-refractivity contribution in [3.05, 3.63) is 0 Å². The second-order valence-corrected chi connectivity index (χ2v) is 6.54. The molecule has 0 aromatic heterocycles. The van der Waals surface area contributed by atoms with E-state index in [1.165, 1.54) is 4.90 Å². The van der Waals surface area contributed by atoms with Crippen LogP contribution >= 0.6 is 0 Å². The molecule has 2 heterocycles. The van der Waals surface area contributed by atoms with Gasteiger partial charge in [0.25, 0.3) is 0 Å². The van der Waals surface area contributed by atoms with E-state index in [0.29, 0.717) is 19.0 Å². The van der Waals surface area contributed by atoms with Crippen molar-refractivity contribution in [2.75, 3.05) is 40.3 Å². The zero-order chi connectivity index (χ0) is 19.7. The predicted octanol–water partition coefficient (Wildman–Crippen LogP) is -3.30. The molecule has 2 atom stereocenters. The van der Waals surface area contributed by atoms with E-state index in [0.717, 1.165) is 25.9 Å². The largest absolute Gasteiger partial charge is 0.475 e. The van der Waals surface area contributed by atoms with Crippen LogP contribution in [0.1, 0.15) is 19.3 Å². The lowest BCUT2D eigenvalue weighted by Crippen LogP contribution is -2.49. The van der Waals surface area contributed by atoms with Gasteiger partial charge in [-0.2, -0.15) is 4.99 Å². The summed E-state index contributed by atoms with van der Waals surface area (Å²) in [6.07, 6.45) is 2.56. The van der Waals surface area contributed by atoms with E-state index < -0.39 is 13.1 Å². The molecule has 1 amide bonds. The number of carbonyl (C=O) groups is 1. The zero-order valence-electron chi connectivity index (χ0n) is 15.5. The molecule has 0 aromatic carbocycles. The Balaban J connectivity index is 0.000000321. The molecular weight excluding hydrogens is 339 g/mol. The third kappa shape index (κ3) is 7.56. The summed E-state index contributed by atoms with van der Waals surface area (Å²) in [5, 5.41) is 31.8. The maximum atomic E-state index is 11.9. The fourth-order valence-corrected chi connectivity index (χ4v) is 2.80. The molecule has 2 saturated heterocycles. The van der Waals surface area contributed by atoms with Crippen LogP contribution in [0.3, 0.4) is 0 Å². The number of rotatable bonds is 4. The second-order valence-electron chi connectivity index (χ2n) is 6.54. The van der Waals surface area contributed by atoms with Crippen molar-refractivity contribution in [2.45, 2.75) is 31.2 Å². The Bertz CT molecular complexity index is 493. The van der Waals surface area contributed by atoms with Crippen molar-refractivity contribution in [2.24, 2.45) is 16.5 Å². The van der Waals surface area contributed by atoms with Crippen LogP contribution in [-0.4, -0.2) is 97.0 Å². The lowest BCUT2D eigenvalue weighted by molar-refractivity contribution is -0.130. The van der Waals surface area contributed by atoms with Gasteiger partial charge in [0, 0.05) is 33.2 Å². The molecule has 2 aliphatic heterocycles. The lowest BCUT2D eigenvalue weighted by atomic mass is 9.78. The smallest absolute Gasteiger partial charge is 0.426 e. The number of nitrogens with zero attached hydrogens (tertiary/aromatic N) is 3. The van der Waals surface area contributed by atoms with Crippen molar-refractivity contribution in [1.82, 2.24) is 20.4 Å². The maximum absolute atomic E-state index is 11.9. The highest BCUT2D eigenvalue weighted by Gasteiger charge is 2.36. The van der Waals surface area contributed by atoms with Gasteiger partial charge in [-0.25, -0.2) is 0 Å². The Morgan fingerprint density at radius 1 is 1.42 bits per heavy atom. The number of guanidine groups is 2. The molecule has 0 spiro atoms. The normalized spacial score (nSPS) is 21.6. The van der Waals surface area contributed by atoms with Crippen LogP contribution in [0.4, 0.5) is 0 Å². The van der Waals surface area contributed by atoms with Crippen molar-refractivity contribution in [3.63, 3.8) is 0 Å². The van der Waals surface area contributed by atoms with Crippen LogP contribution in [-0.2, 0) is 4.79 Å². The van der Waals surface area contributed by atoms with Gasteiger partial charge in [-0.05, 0) is 25.8 Å². The summed E-state index contributed by atoms with van der Waals surface area (Å²) in [5.74, 6) is -0.498. The summed E-state index contributed by atoms with van der Waals surface area (Å²) in [7, 11) is 1.96. The van der Waals surface area contributed by atoms with Crippen LogP contribution in [0.5, 0.6) is 0 Å². The Kier molecular flexibility index (Phi) is 9.34. The first-order chi connectivity index (χ1) is 12.2. The molecule has 0 radical (unpaired) electrons. The Labute approximate surface area is 154 Å². The molecule has 0 bridgehead atoms. The highest BCUT2D eigenvalue weighted by atomic mass is 16.4. The average Bonchev–Trinajstić information content (AvgIpc) is 3.24. The zero-order valence-corrected chi connectivity index (χ0v) is 15.5. The molecule has 0 unspecified atom stereocenters. The van der Waals surface area contributed by atoms with Gasteiger partial charge in [0.2, 0.25) is 11.9 Å². The first-order valence-electron chi connectivity index (χ1n) is 8.67. The topological polar surface area (TPSA) is 176 Å². The molecular formula is C14H31BN8O3. The number of carbonyl (C=O) groups excluding carboxylic acids is 1. The van der Waals surface area contributed by atoms with Crippen LogP contribution in [0.15, 0.2) is 4.99 Å². The van der Waals surface area contributed by atoms with E-state index in [4.69, 9.17) is 16.9 Å². The highest BCUT2D eigenvalue weighted by molar-refractivity contribution is 6.43. The van der Waals surface area contributed by atoms with E-state index in [1.807, 2.05) is 0 Å². The molecule has 9 N–H and O–H groups in total. The van der Waals surface area contributed by atoms with Crippen LogP contribution < -0.4 is 22.1 Å². The third-order valence-electron chi connectivity index (χ3n) is 4.22. The monoisotopic (exact) mass is 370 g/mol. The summed E-state index contributed by atoms with van der Waals surface area (Å²) in [5.41, 5.74) is 9.98. The number of amides is 1. The van der Waals surface area contributed by atoms with Crippen molar-refractivity contribution in [3.8, 4) is 0 Å². The minimum absolute atomic E-state index is 0.0347. The predicted molar refractivity (Wildman–Crippen MR) is 101 cm³/mol. The summed E-state index contributed by atoms with van der Waals surface area (Å²) in [6.45, 7) is 2.81. The second kappa shape index (κ2) is 11.0. The highest BCUT2D eigenvalue weighted by Crippen LogP contribution is 2.17. The first-order valence-corrected chi connectivity index (χ1v) is 8.67. The van der Waals surface area contributed by atoms with Gasteiger partial charge in [0.15, 0.2) is 5.96 Å². The number of aliphatic imine (C=N–C) groups is 1. The summed E-state index contributed by atoms with van der Waals surface area (Å²) in [6, 6.07) is 0.360. The van der Waals surface area contributed by atoms with E-state index in [9.17, 15) is 14.8 Å². The Morgan fingerprint density at radius 3 is 2.58 bits per heavy atom. The summed E-state index contributed by atoms with van der Waals surface area (Å²) < 4.78 is 0. The first kappa shape index (κ1) is 22.2. The van der Waals surface area contributed by atoms with Crippen LogP contribution in [0.2, 0.25) is 0 Å². The van der Waals surface area contributed by atoms with Gasteiger partial charge in [0.05, 0.1) is 12.5 Å². The van der Waals surface area contributed by atoms with E-state index in [-0.39, 0.29) is 24.4 Å². The van der Waals surface area contributed by atoms with Crippen molar-refractivity contribution < 1.29 is 14.8 Å². The Morgan fingerprint density at radius 2 is 2.12 bits per heavy atom. The minimum atomic E-state index is -1.42. The number of hydrogen-bond acceptors (Lipinski definition) is 6. The number of likely N-dealkylation sites (tertiary alicyclic amines) is 1. The lowest BCUT2D eigenvalue weighted by Gasteiger charge is -2.24. The van der Waals surface area contributed by atoms with E-state index >= 15 is 0 Å². The van der Waals surface area contributed by atoms with Crippen molar-refractivity contribution in [1.29, 1.82) is 5.41 Å². The van der Waals surface area contributed by atoms with E-state index in [2.05, 4.69) is 15.6 Å². The van der Waals surface area contributed by atoms with Gasteiger partial charge >= 0.3 is 7.12 Å². The molecule has 2 aliphatic rings. The minimum Gasteiger partial charge on any atom is -0.426 e. The van der Waals surface area contributed by atoms with Gasteiger partial charge in [-0.15, -0.1) is 0 Å². The summed E-state index contributed by atoms with van der Waals surface area (Å²) in [4.78, 5) is 18.5. The maximum Gasteiger partial charge on any atom is 0.475 e. The fraction of sp³-hybridized carbons (Fsp3) is 0.786. The van der Waals surface area contributed by atoms with Gasteiger partial charge in [-0.3, -0.25) is 10.2 Å². The quantitative estimate of drug-likeness (QED) is 0.153. The van der Waals surface area contributed by atoms with E-state index in [1.54, 1.807) is 19.0 Å². The Hall–Kier alpha value is -1.89. The van der Waals surface area contributed by atoms with Crippen molar-refractivity contribution >= 4 is 24.9 Å². The van der Waals surface area contributed by atoms with Gasteiger partial charge < -0.3 is 41.9 Å². The number of nitrogens with two attached hydrogens (primary N) is 2.